The first-order chi connectivity index (χ1) is 10.2. The maximum atomic E-state index is 14.1. The van der Waals surface area contributed by atoms with Gasteiger partial charge in [-0.05, 0) is 37.0 Å². The minimum Gasteiger partial charge on any atom is -0.464 e. The van der Waals surface area contributed by atoms with E-state index in [-0.39, 0.29) is 11.8 Å². The molecule has 0 saturated carbocycles. The first-order valence-corrected chi connectivity index (χ1v) is 7.61. The second-order valence-corrected chi connectivity index (χ2v) is 5.58. The van der Waals surface area contributed by atoms with Gasteiger partial charge in [0.25, 0.3) is 0 Å². The van der Waals surface area contributed by atoms with Gasteiger partial charge in [0, 0.05) is 26.2 Å². The molecule has 2 aliphatic rings. The zero-order valence-electron chi connectivity index (χ0n) is 12.3. The molecule has 0 aromatic heterocycles. The summed E-state index contributed by atoms with van der Waals surface area (Å²) in [6.07, 6.45) is 1.19. The molecule has 3 rings (SSSR count). The van der Waals surface area contributed by atoms with Crippen LogP contribution < -0.4 is 5.32 Å². The molecular formula is C16H21FN2O2. The Balaban J connectivity index is 2.07. The van der Waals surface area contributed by atoms with E-state index in [0.29, 0.717) is 25.0 Å². The van der Waals surface area contributed by atoms with Crippen molar-refractivity contribution in [1.29, 1.82) is 0 Å². The highest BCUT2D eigenvalue weighted by molar-refractivity contribution is 5.84. The standard InChI is InChI=1S/C16H21FN2O2/c1-2-21-15(20)16(19-10-8-18-9-11-19)7-6-12-13(16)4-3-5-14(12)17/h3-5,18H,2,6-11H2,1H3. The molecule has 4 nitrogen and oxygen atoms in total. The molecule has 1 aliphatic heterocycles. The number of fused-ring (bicyclic) bond motifs is 1. The van der Waals surface area contributed by atoms with Crippen LogP contribution in [-0.2, 0) is 21.5 Å². The van der Waals surface area contributed by atoms with Crippen LogP contribution in [0.4, 0.5) is 4.39 Å². The third kappa shape index (κ3) is 2.24. The van der Waals surface area contributed by atoms with Gasteiger partial charge in [0.2, 0.25) is 0 Å². The number of halogens is 1. The van der Waals surface area contributed by atoms with Crippen molar-refractivity contribution in [2.24, 2.45) is 0 Å². The number of rotatable bonds is 3. The summed E-state index contributed by atoms with van der Waals surface area (Å²) in [5.74, 6) is -0.454. The van der Waals surface area contributed by atoms with E-state index >= 15 is 0 Å². The lowest BCUT2D eigenvalue weighted by Crippen LogP contribution is -2.57. The molecular weight excluding hydrogens is 271 g/mol. The third-order valence-corrected chi connectivity index (χ3v) is 4.57. The van der Waals surface area contributed by atoms with Gasteiger partial charge in [-0.3, -0.25) is 4.90 Å². The summed E-state index contributed by atoms with van der Waals surface area (Å²) in [4.78, 5) is 14.9. The van der Waals surface area contributed by atoms with Crippen molar-refractivity contribution in [2.45, 2.75) is 25.3 Å². The first kappa shape index (κ1) is 14.5. The lowest BCUT2D eigenvalue weighted by molar-refractivity contribution is -0.159. The van der Waals surface area contributed by atoms with E-state index in [1.807, 2.05) is 13.0 Å². The van der Waals surface area contributed by atoms with Crippen molar-refractivity contribution in [1.82, 2.24) is 10.2 Å². The van der Waals surface area contributed by atoms with Crippen LogP contribution >= 0.6 is 0 Å². The molecule has 1 heterocycles. The average Bonchev–Trinajstić information content (AvgIpc) is 2.90. The number of hydrogen-bond donors (Lipinski definition) is 1. The van der Waals surface area contributed by atoms with Crippen LogP contribution in [0.2, 0.25) is 0 Å². The molecule has 1 saturated heterocycles. The molecule has 0 bridgehead atoms. The Hall–Kier alpha value is -1.46. The number of esters is 1. The van der Waals surface area contributed by atoms with E-state index in [4.69, 9.17) is 4.74 Å². The van der Waals surface area contributed by atoms with Crippen LogP contribution in [0.5, 0.6) is 0 Å². The van der Waals surface area contributed by atoms with Gasteiger partial charge >= 0.3 is 5.97 Å². The Morgan fingerprint density at radius 2 is 2.19 bits per heavy atom. The van der Waals surface area contributed by atoms with Crippen LogP contribution in [0.1, 0.15) is 24.5 Å². The van der Waals surface area contributed by atoms with E-state index in [1.165, 1.54) is 6.07 Å². The van der Waals surface area contributed by atoms with E-state index < -0.39 is 5.54 Å². The number of ether oxygens (including phenoxy) is 1. The lowest BCUT2D eigenvalue weighted by Gasteiger charge is -2.42. The summed E-state index contributed by atoms with van der Waals surface area (Å²) in [6, 6.07) is 5.04. The van der Waals surface area contributed by atoms with E-state index in [0.717, 1.165) is 31.7 Å². The average molecular weight is 292 g/mol. The zero-order valence-corrected chi connectivity index (χ0v) is 12.3. The Morgan fingerprint density at radius 3 is 2.90 bits per heavy atom. The SMILES string of the molecule is CCOC(=O)C1(N2CCNCC2)CCc2c(F)cccc21. The minimum atomic E-state index is -0.810. The number of nitrogens with zero attached hydrogens (tertiary/aromatic N) is 1. The van der Waals surface area contributed by atoms with Gasteiger partial charge in [-0.25, -0.2) is 9.18 Å². The van der Waals surface area contributed by atoms with E-state index in [9.17, 15) is 9.18 Å². The second-order valence-electron chi connectivity index (χ2n) is 5.58. The summed E-state index contributed by atoms with van der Waals surface area (Å²) in [6.45, 7) is 5.38. The van der Waals surface area contributed by atoms with E-state index in [2.05, 4.69) is 10.2 Å². The molecule has 1 N–H and O–H groups in total. The van der Waals surface area contributed by atoms with E-state index in [1.54, 1.807) is 6.07 Å². The van der Waals surface area contributed by atoms with Crippen LogP contribution in [-0.4, -0.2) is 43.7 Å². The predicted molar refractivity (Wildman–Crippen MR) is 77.5 cm³/mol. The molecule has 1 atom stereocenters. The fourth-order valence-corrected chi connectivity index (χ4v) is 3.61. The number of hydrogen-bond acceptors (Lipinski definition) is 4. The molecule has 1 aromatic rings. The highest BCUT2D eigenvalue weighted by Gasteiger charge is 2.51. The fourth-order valence-electron chi connectivity index (χ4n) is 3.61. The Bertz CT molecular complexity index is 543. The summed E-state index contributed by atoms with van der Waals surface area (Å²) in [7, 11) is 0. The van der Waals surface area contributed by atoms with Crippen molar-refractivity contribution in [2.75, 3.05) is 32.8 Å². The monoisotopic (exact) mass is 292 g/mol. The fraction of sp³-hybridized carbons (Fsp3) is 0.562. The van der Waals surface area contributed by atoms with Crippen LogP contribution in [0.25, 0.3) is 0 Å². The Labute approximate surface area is 124 Å². The molecule has 0 radical (unpaired) electrons. The topological polar surface area (TPSA) is 41.6 Å². The highest BCUT2D eigenvalue weighted by Crippen LogP contribution is 2.43. The number of nitrogens with one attached hydrogen (secondary N) is 1. The maximum absolute atomic E-state index is 14.1. The third-order valence-electron chi connectivity index (χ3n) is 4.57. The normalized spacial score (nSPS) is 25.6. The van der Waals surface area contributed by atoms with Gasteiger partial charge < -0.3 is 10.1 Å². The number of benzene rings is 1. The van der Waals surface area contributed by atoms with Crippen LogP contribution in [0, 0.1) is 5.82 Å². The van der Waals surface area contributed by atoms with Gasteiger partial charge in [-0.1, -0.05) is 12.1 Å². The minimum absolute atomic E-state index is 0.214. The molecule has 1 unspecified atom stereocenters. The molecule has 1 fully saturated rings. The van der Waals surface area contributed by atoms with Crippen LogP contribution in [0.15, 0.2) is 18.2 Å². The molecule has 1 aromatic carbocycles. The Morgan fingerprint density at radius 1 is 1.43 bits per heavy atom. The zero-order chi connectivity index (χ0) is 14.9. The quantitative estimate of drug-likeness (QED) is 0.856. The lowest BCUT2D eigenvalue weighted by atomic mass is 9.89. The molecule has 5 heteroatoms. The largest absolute Gasteiger partial charge is 0.464 e. The summed E-state index contributed by atoms with van der Waals surface area (Å²) in [5, 5.41) is 3.29. The first-order valence-electron chi connectivity index (χ1n) is 7.61. The maximum Gasteiger partial charge on any atom is 0.331 e. The smallest absolute Gasteiger partial charge is 0.331 e. The van der Waals surface area contributed by atoms with Gasteiger partial charge in [-0.2, -0.15) is 0 Å². The van der Waals surface area contributed by atoms with Gasteiger partial charge in [0.15, 0.2) is 0 Å². The van der Waals surface area contributed by atoms with Crippen molar-refractivity contribution in [3.8, 4) is 0 Å². The number of piperazine rings is 1. The summed E-state index contributed by atoms with van der Waals surface area (Å²) in [5.41, 5.74) is 0.655. The van der Waals surface area contributed by atoms with Gasteiger partial charge in [0.1, 0.15) is 11.4 Å². The van der Waals surface area contributed by atoms with Crippen LogP contribution in [0.3, 0.4) is 0 Å². The van der Waals surface area contributed by atoms with Gasteiger partial charge in [0.05, 0.1) is 6.61 Å². The molecule has 0 spiro atoms. The van der Waals surface area contributed by atoms with Gasteiger partial charge in [-0.15, -0.1) is 0 Å². The molecule has 21 heavy (non-hydrogen) atoms. The Kier molecular flexibility index (Phi) is 3.95. The molecule has 0 amide bonds. The van der Waals surface area contributed by atoms with Crippen molar-refractivity contribution in [3.05, 3.63) is 35.1 Å². The van der Waals surface area contributed by atoms with Crippen molar-refractivity contribution in [3.63, 3.8) is 0 Å². The van der Waals surface area contributed by atoms with Crippen molar-refractivity contribution >= 4 is 5.97 Å². The summed E-state index contributed by atoms with van der Waals surface area (Å²) < 4.78 is 19.4. The predicted octanol–water partition coefficient (Wildman–Crippen LogP) is 1.44. The molecule has 1 aliphatic carbocycles. The highest BCUT2D eigenvalue weighted by atomic mass is 19.1. The molecule has 114 valence electrons. The second kappa shape index (κ2) is 5.73. The number of carbonyl (C=O) groups is 1. The number of carbonyl (C=O) groups excluding carboxylic acids is 1. The van der Waals surface area contributed by atoms with Crippen molar-refractivity contribution < 1.29 is 13.9 Å². The summed E-state index contributed by atoms with van der Waals surface area (Å²) >= 11 is 0.